The molecular formula is C22H29N3O2. The zero-order valence-corrected chi connectivity index (χ0v) is 16.2. The number of amides is 1. The van der Waals surface area contributed by atoms with Crippen LogP contribution < -0.4 is 10.1 Å². The van der Waals surface area contributed by atoms with Gasteiger partial charge in [0.1, 0.15) is 5.75 Å². The molecule has 1 saturated heterocycles. The third-order valence-electron chi connectivity index (χ3n) is 5.31. The molecule has 3 rings (SSSR count). The Morgan fingerprint density at radius 3 is 2.74 bits per heavy atom. The summed E-state index contributed by atoms with van der Waals surface area (Å²) in [5, 5.41) is 3.44. The largest absolute Gasteiger partial charge is 0.497 e. The van der Waals surface area contributed by atoms with E-state index in [4.69, 9.17) is 4.74 Å². The Morgan fingerprint density at radius 2 is 2.04 bits per heavy atom. The van der Waals surface area contributed by atoms with Gasteiger partial charge in [0.2, 0.25) is 5.91 Å². The fourth-order valence-corrected chi connectivity index (χ4v) is 3.65. The number of rotatable bonds is 6. The van der Waals surface area contributed by atoms with E-state index in [2.05, 4.69) is 10.3 Å². The number of benzene rings is 1. The highest BCUT2D eigenvalue weighted by molar-refractivity contribution is 5.83. The lowest BCUT2D eigenvalue weighted by atomic mass is 9.97. The smallest absolute Gasteiger partial charge is 0.230 e. The van der Waals surface area contributed by atoms with Gasteiger partial charge in [-0.2, -0.15) is 0 Å². The molecule has 1 amide bonds. The normalized spacial score (nSPS) is 18.4. The van der Waals surface area contributed by atoms with Gasteiger partial charge in [-0.05, 0) is 69.1 Å². The van der Waals surface area contributed by atoms with E-state index in [0.29, 0.717) is 6.54 Å². The molecule has 1 aromatic heterocycles. The average molecular weight is 367 g/mol. The minimum atomic E-state index is -0.198. The first-order valence-corrected chi connectivity index (χ1v) is 9.74. The quantitative estimate of drug-likeness (QED) is 0.851. The first kappa shape index (κ1) is 19.4. The van der Waals surface area contributed by atoms with E-state index in [1.807, 2.05) is 54.3 Å². The van der Waals surface area contributed by atoms with Crippen LogP contribution in [-0.2, 0) is 11.3 Å². The maximum atomic E-state index is 13.5. The van der Waals surface area contributed by atoms with E-state index in [1.54, 1.807) is 13.3 Å². The van der Waals surface area contributed by atoms with E-state index < -0.39 is 0 Å². The van der Waals surface area contributed by atoms with Crippen molar-refractivity contribution in [3.8, 4) is 5.75 Å². The number of pyridine rings is 1. The van der Waals surface area contributed by atoms with Crippen LogP contribution in [0.2, 0.25) is 0 Å². The Hall–Kier alpha value is -2.40. The van der Waals surface area contributed by atoms with E-state index in [-0.39, 0.29) is 17.9 Å². The van der Waals surface area contributed by atoms with Crippen LogP contribution in [0, 0.1) is 0 Å². The molecule has 0 aliphatic carbocycles. The molecule has 1 aromatic carbocycles. The van der Waals surface area contributed by atoms with Crippen LogP contribution in [0.15, 0.2) is 48.7 Å². The molecule has 27 heavy (non-hydrogen) atoms. The number of hydrogen-bond acceptors (Lipinski definition) is 4. The molecule has 2 atom stereocenters. The number of hydrogen-bond donors (Lipinski definition) is 1. The number of aromatic nitrogens is 1. The van der Waals surface area contributed by atoms with Gasteiger partial charge in [0.05, 0.1) is 25.3 Å². The number of nitrogens with one attached hydrogen (secondary N) is 1. The average Bonchev–Trinajstić information content (AvgIpc) is 3.01. The topological polar surface area (TPSA) is 54.5 Å². The number of carbonyl (C=O) groups excluding carboxylic acids is 1. The molecule has 0 radical (unpaired) electrons. The van der Waals surface area contributed by atoms with Crippen LogP contribution >= 0.6 is 0 Å². The van der Waals surface area contributed by atoms with Gasteiger partial charge in [-0.3, -0.25) is 9.78 Å². The highest BCUT2D eigenvalue weighted by Crippen LogP contribution is 2.25. The maximum Gasteiger partial charge on any atom is 0.230 e. The molecule has 2 unspecified atom stereocenters. The van der Waals surface area contributed by atoms with Gasteiger partial charge in [-0.1, -0.05) is 18.2 Å². The van der Waals surface area contributed by atoms with Gasteiger partial charge < -0.3 is 15.0 Å². The van der Waals surface area contributed by atoms with Crippen molar-refractivity contribution in [3.05, 3.63) is 59.9 Å². The lowest BCUT2D eigenvalue weighted by Gasteiger charge is -2.33. The minimum Gasteiger partial charge on any atom is -0.497 e. The summed E-state index contributed by atoms with van der Waals surface area (Å²) in [5.41, 5.74) is 1.95. The van der Waals surface area contributed by atoms with Crippen LogP contribution in [0.4, 0.5) is 0 Å². The molecule has 0 bridgehead atoms. The SMILES string of the molecule is COc1ccc(C(C)C(=O)N(Cc2ccccn2)C2CCCNCC2)cc1. The van der Waals surface area contributed by atoms with Crippen molar-refractivity contribution in [1.82, 2.24) is 15.2 Å². The van der Waals surface area contributed by atoms with Gasteiger partial charge in [-0.25, -0.2) is 0 Å². The van der Waals surface area contributed by atoms with Crippen LogP contribution in [0.25, 0.3) is 0 Å². The predicted octanol–water partition coefficient (Wildman–Crippen LogP) is 3.36. The minimum absolute atomic E-state index is 0.165. The van der Waals surface area contributed by atoms with E-state index in [0.717, 1.165) is 49.4 Å². The molecule has 5 nitrogen and oxygen atoms in total. The second-order valence-electron chi connectivity index (χ2n) is 7.12. The Morgan fingerprint density at radius 1 is 1.22 bits per heavy atom. The number of nitrogens with zero attached hydrogens (tertiary/aromatic N) is 2. The van der Waals surface area contributed by atoms with Crippen LogP contribution in [0.5, 0.6) is 5.75 Å². The predicted molar refractivity (Wildman–Crippen MR) is 107 cm³/mol. The third-order valence-corrected chi connectivity index (χ3v) is 5.31. The Labute approximate surface area is 161 Å². The zero-order valence-electron chi connectivity index (χ0n) is 16.2. The molecule has 1 fully saturated rings. The Kier molecular flexibility index (Phi) is 6.82. The van der Waals surface area contributed by atoms with Crippen molar-refractivity contribution < 1.29 is 9.53 Å². The summed E-state index contributed by atoms with van der Waals surface area (Å²) in [7, 11) is 1.65. The fourth-order valence-electron chi connectivity index (χ4n) is 3.65. The molecule has 5 heteroatoms. The first-order valence-electron chi connectivity index (χ1n) is 9.74. The first-order chi connectivity index (χ1) is 13.2. The number of methoxy groups -OCH3 is 1. The summed E-state index contributed by atoms with van der Waals surface area (Å²) in [4.78, 5) is 20.0. The summed E-state index contributed by atoms with van der Waals surface area (Å²) in [6.07, 6.45) is 4.89. The summed E-state index contributed by atoms with van der Waals surface area (Å²) in [6, 6.07) is 13.9. The molecule has 1 aliphatic heterocycles. The maximum absolute atomic E-state index is 13.5. The van der Waals surface area contributed by atoms with Crippen molar-refractivity contribution in [2.45, 2.75) is 44.7 Å². The molecular weight excluding hydrogens is 338 g/mol. The van der Waals surface area contributed by atoms with Crippen molar-refractivity contribution in [1.29, 1.82) is 0 Å². The summed E-state index contributed by atoms with van der Waals surface area (Å²) < 4.78 is 5.23. The highest BCUT2D eigenvalue weighted by atomic mass is 16.5. The van der Waals surface area contributed by atoms with Gasteiger partial charge in [0.25, 0.3) is 0 Å². The second-order valence-corrected chi connectivity index (χ2v) is 7.12. The van der Waals surface area contributed by atoms with Gasteiger partial charge >= 0.3 is 0 Å². The van der Waals surface area contributed by atoms with Crippen LogP contribution in [-0.4, -0.2) is 42.0 Å². The molecule has 2 heterocycles. The van der Waals surface area contributed by atoms with E-state index >= 15 is 0 Å². The lowest BCUT2D eigenvalue weighted by Crippen LogP contribution is -2.42. The lowest BCUT2D eigenvalue weighted by molar-refractivity contribution is -0.135. The Balaban J connectivity index is 1.81. The zero-order chi connectivity index (χ0) is 19.1. The van der Waals surface area contributed by atoms with Crippen molar-refractivity contribution >= 4 is 5.91 Å². The molecule has 144 valence electrons. The fraction of sp³-hybridized carbons (Fsp3) is 0.455. The molecule has 1 N–H and O–H groups in total. The number of carbonyl (C=O) groups is 1. The Bertz CT molecular complexity index is 710. The highest BCUT2D eigenvalue weighted by Gasteiger charge is 2.29. The monoisotopic (exact) mass is 367 g/mol. The second kappa shape index (κ2) is 9.51. The van der Waals surface area contributed by atoms with Crippen molar-refractivity contribution in [3.63, 3.8) is 0 Å². The van der Waals surface area contributed by atoms with Gasteiger partial charge in [0, 0.05) is 12.2 Å². The van der Waals surface area contributed by atoms with Crippen molar-refractivity contribution in [2.75, 3.05) is 20.2 Å². The van der Waals surface area contributed by atoms with Gasteiger partial charge in [0.15, 0.2) is 0 Å². The van der Waals surface area contributed by atoms with Gasteiger partial charge in [-0.15, -0.1) is 0 Å². The van der Waals surface area contributed by atoms with Crippen LogP contribution in [0.1, 0.15) is 43.4 Å². The molecule has 0 saturated carbocycles. The summed E-state index contributed by atoms with van der Waals surface area (Å²) >= 11 is 0. The third kappa shape index (κ3) is 5.07. The van der Waals surface area contributed by atoms with E-state index in [1.165, 1.54) is 0 Å². The molecule has 0 spiro atoms. The number of ether oxygens (including phenoxy) is 1. The van der Waals surface area contributed by atoms with Crippen molar-refractivity contribution in [2.24, 2.45) is 0 Å². The molecule has 2 aromatic rings. The van der Waals surface area contributed by atoms with Crippen LogP contribution in [0.3, 0.4) is 0 Å². The van der Waals surface area contributed by atoms with E-state index in [9.17, 15) is 4.79 Å². The summed E-state index contributed by atoms with van der Waals surface area (Å²) in [5.74, 6) is 0.770. The standard InChI is InChI=1S/C22H29N3O2/c1-17(18-8-10-21(27-2)11-9-18)22(26)25(16-19-6-3-4-14-24-19)20-7-5-13-23-15-12-20/h3-4,6,8-11,14,17,20,23H,5,7,12-13,15-16H2,1-2H3. The summed E-state index contributed by atoms with van der Waals surface area (Å²) in [6.45, 7) is 4.53. The molecule has 1 aliphatic rings.